The molecule has 6 heteroatoms. The summed E-state index contributed by atoms with van der Waals surface area (Å²) in [6.45, 7) is 9.05. The number of pyridine rings is 1. The number of nitrogens with one attached hydrogen (secondary N) is 1. The molecule has 3 aromatic heterocycles. The van der Waals surface area contributed by atoms with E-state index in [1.165, 1.54) is 12.8 Å². The second-order valence-corrected chi connectivity index (χ2v) is 10.1. The highest BCUT2D eigenvalue weighted by atomic mass is 16.1. The van der Waals surface area contributed by atoms with Crippen molar-refractivity contribution in [1.29, 1.82) is 0 Å². The van der Waals surface area contributed by atoms with Crippen molar-refractivity contribution < 1.29 is 0 Å². The summed E-state index contributed by atoms with van der Waals surface area (Å²) in [5, 5.41) is 6.95. The number of aromatic nitrogens is 5. The second kappa shape index (κ2) is 7.84. The number of hydrogen-bond donors (Lipinski definition) is 1. The van der Waals surface area contributed by atoms with Gasteiger partial charge in [-0.1, -0.05) is 52.0 Å². The summed E-state index contributed by atoms with van der Waals surface area (Å²) in [5.41, 5.74) is 2.27. The van der Waals surface area contributed by atoms with Crippen LogP contribution in [0.5, 0.6) is 0 Å². The molecule has 32 heavy (non-hydrogen) atoms. The minimum atomic E-state index is -0.149. The van der Waals surface area contributed by atoms with E-state index in [2.05, 4.69) is 30.7 Å². The van der Waals surface area contributed by atoms with Crippen LogP contribution in [0, 0.1) is 11.3 Å². The first-order valence-electron chi connectivity index (χ1n) is 11.7. The molecule has 1 aliphatic carbocycles. The van der Waals surface area contributed by atoms with Gasteiger partial charge in [0.05, 0.1) is 5.69 Å². The number of fused-ring (bicyclic) bond motifs is 2. The minimum Gasteiger partial charge on any atom is -0.302 e. The maximum absolute atomic E-state index is 13.2. The van der Waals surface area contributed by atoms with E-state index >= 15 is 0 Å². The van der Waals surface area contributed by atoms with Crippen LogP contribution >= 0.6 is 0 Å². The molecule has 5 rings (SSSR count). The third-order valence-corrected chi connectivity index (χ3v) is 7.15. The average molecular weight is 430 g/mol. The van der Waals surface area contributed by atoms with Gasteiger partial charge < -0.3 is 4.98 Å². The van der Waals surface area contributed by atoms with Crippen molar-refractivity contribution in [2.24, 2.45) is 11.3 Å². The molecule has 0 aliphatic heterocycles. The van der Waals surface area contributed by atoms with Crippen molar-refractivity contribution in [3.05, 3.63) is 58.4 Å². The van der Waals surface area contributed by atoms with Crippen LogP contribution < -0.4 is 5.56 Å². The molecule has 0 bridgehead atoms. The highest BCUT2D eigenvalue weighted by Gasteiger charge is 2.32. The van der Waals surface area contributed by atoms with Crippen molar-refractivity contribution in [2.75, 3.05) is 0 Å². The Morgan fingerprint density at radius 1 is 1.09 bits per heavy atom. The highest BCUT2D eigenvalue weighted by Crippen LogP contribution is 2.43. The van der Waals surface area contributed by atoms with Gasteiger partial charge in [-0.25, -0.2) is 9.50 Å². The molecular weight excluding hydrogens is 398 g/mol. The van der Waals surface area contributed by atoms with Crippen LogP contribution in [-0.4, -0.2) is 24.6 Å². The fraction of sp³-hybridized carbons (Fsp3) is 0.462. The van der Waals surface area contributed by atoms with Crippen molar-refractivity contribution in [3.8, 4) is 11.5 Å². The quantitative estimate of drug-likeness (QED) is 0.465. The molecule has 6 nitrogen and oxygen atoms in total. The number of aromatic amines is 1. The molecule has 0 radical (unpaired) electrons. The summed E-state index contributed by atoms with van der Waals surface area (Å²) < 4.78 is 1.82. The normalized spacial score (nSPS) is 19.6. The maximum atomic E-state index is 13.2. The Bertz CT molecular complexity index is 1330. The lowest BCUT2D eigenvalue weighted by Crippen LogP contribution is -2.26. The van der Waals surface area contributed by atoms with Gasteiger partial charge in [0.25, 0.3) is 5.56 Å². The van der Waals surface area contributed by atoms with E-state index in [9.17, 15) is 4.79 Å². The highest BCUT2D eigenvalue weighted by molar-refractivity contribution is 5.92. The molecule has 1 N–H and O–H groups in total. The molecule has 3 heterocycles. The second-order valence-electron chi connectivity index (χ2n) is 10.1. The van der Waals surface area contributed by atoms with Crippen LogP contribution in [0.3, 0.4) is 0 Å². The minimum absolute atomic E-state index is 0.149. The lowest BCUT2D eigenvalue weighted by molar-refractivity contribution is 0.167. The zero-order chi connectivity index (χ0) is 22.5. The van der Waals surface area contributed by atoms with Gasteiger partial charge in [-0.3, -0.25) is 9.78 Å². The molecule has 1 fully saturated rings. The van der Waals surface area contributed by atoms with Crippen molar-refractivity contribution in [3.63, 3.8) is 0 Å². The number of hydrogen-bond acceptors (Lipinski definition) is 4. The van der Waals surface area contributed by atoms with E-state index in [0.717, 1.165) is 41.1 Å². The van der Waals surface area contributed by atoms with Crippen molar-refractivity contribution >= 4 is 16.3 Å². The van der Waals surface area contributed by atoms with Crippen LogP contribution in [-0.2, 0) is 6.42 Å². The van der Waals surface area contributed by atoms with Crippen molar-refractivity contribution in [2.45, 2.75) is 65.7 Å². The fourth-order valence-electron chi connectivity index (χ4n) is 5.24. The van der Waals surface area contributed by atoms with Gasteiger partial charge in [-0.15, -0.1) is 5.10 Å². The first kappa shape index (κ1) is 20.9. The van der Waals surface area contributed by atoms with E-state index in [1.807, 2.05) is 41.8 Å². The molecule has 166 valence electrons. The van der Waals surface area contributed by atoms with Gasteiger partial charge in [0.15, 0.2) is 11.3 Å². The monoisotopic (exact) mass is 429 g/mol. The van der Waals surface area contributed by atoms with Crippen LogP contribution in [0.4, 0.5) is 0 Å². The Morgan fingerprint density at radius 3 is 2.56 bits per heavy atom. The van der Waals surface area contributed by atoms with Gasteiger partial charge in [0.2, 0.25) is 0 Å². The molecule has 4 aromatic rings. The summed E-state index contributed by atoms with van der Waals surface area (Å²) in [7, 11) is 0. The van der Waals surface area contributed by atoms with E-state index in [1.54, 1.807) is 6.20 Å². The lowest BCUT2D eigenvalue weighted by atomic mass is 9.70. The standard InChI is InChI=1S/C26H31N5O/c1-5-20-22-25(32)29-23(21-19-9-7-6-8-16(19)14-15-27-21)30-31(22)24(28-20)17-10-12-18(13-11-17)26(2,3)4/h6-9,14-15,17-18H,5,10-13H2,1-4H3,(H,29,30,32)/t17-,18+. The van der Waals surface area contributed by atoms with Gasteiger partial charge >= 0.3 is 0 Å². The van der Waals surface area contributed by atoms with E-state index in [-0.39, 0.29) is 5.56 Å². The van der Waals surface area contributed by atoms with E-state index in [0.29, 0.717) is 34.8 Å². The third kappa shape index (κ3) is 3.51. The summed E-state index contributed by atoms with van der Waals surface area (Å²) >= 11 is 0. The summed E-state index contributed by atoms with van der Waals surface area (Å²) in [5.74, 6) is 2.47. The van der Waals surface area contributed by atoms with E-state index in [4.69, 9.17) is 10.1 Å². The van der Waals surface area contributed by atoms with Crippen LogP contribution in [0.1, 0.15) is 70.8 Å². The predicted molar refractivity (Wildman–Crippen MR) is 128 cm³/mol. The number of benzene rings is 1. The maximum Gasteiger partial charge on any atom is 0.277 e. The van der Waals surface area contributed by atoms with Crippen molar-refractivity contribution in [1.82, 2.24) is 24.6 Å². The third-order valence-electron chi connectivity index (χ3n) is 7.15. The molecular formula is C26H31N5O. The number of H-pyrrole nitrogens is 1. The molecule has 1 saturated carbocycles. The lowest BCUT2D eigenvalue weighted by Gasteiger charge is -2.36. The zero-order valence-electron chi connectivity index (χ0n) is 19.4. The fourth-order valence-corrected chi connectivity index (χ4v) is 5.24. The van der Waals surface area contributed by atoms with Gasteiger partial charge in [0, 0.05) is 17.5 Å². The topological polar surface area (TPSA) is 75.9 Å². The molecule has 0 atom stereocenters. The van der Waals surface area contributed by atoms with Crippen LogP contribution in [0.2, 0.25) is 0 Å². The van der Waals surface area contributed by atoms with Gasteiger partial charge in [0.1, 0.15) is 11.5 Å². The summed E-state index contributed by atoms with van der Waals surface area (Å²) in [6, 6.07) is 10.0. The Hall–Kier alpha value is -3.02. The Morgan fingerprint density at radius 2 is 1.84 bits per heavy atom. The smallest absolute Gasteiger partial charge is 0.277 e. The Balaban J connectivity index is 1.63. The number of aryl methyl sites for hydroxylation is 1. The summed E-state index contributed by atoms with van der Waals surface area (Å²) in [4.78, 5) is 25.7. The SMILES string of the molecule is CCc1nc([C@H]2CC[C@@H](C(C)(C)C)CC2)n2nc(-c3nccc4ccccc34)[nH]c(=O)c12. The van der Waals surface area contributed by atoms with Gasteiger partial charge in [-0.2, -0.15) is 0 Å². The first-order valence-corrected chi connectivity index (χ1v) is 11.7. The largest absolute Gasteiger partial charge is 0.302 e. The van der Waals surface area contributed by atoms with E-state index < -0.39 is 0 Å². The molecule has 0 saturated heterocycles. The molecule has 0 spiro atoms. The van der Waals surface area contributed by atoms with Gasteiger partial charge in [-0.05, 0) is 54.9 Å². The van der Waals surface area contributed by atoms with Crippen LogP contribution in [0.15, 0.2) is 41.3 Å². The first-order chi connectivity index (χ1) is 15.4. The predicted octanol–water partition coefficient (Wildman–Crippen LogP) is 5.52. The number of rotatable bonds is 3. The zero-order valence-corrected chi connectivity index (χ0v) is 19.4. The Kier molecular flexibility index (Phi) is 5.11. The molecule has 0 unspecified atom stereocenters. The Labute approximate surface area is 188 Å². The average Bonchev–Trinajstić information content (AvgIpc) is 3.17. The molecule has 1 aliphatic rings. The molecule has 0 amide bonds. The number of imidazole rings is 1. The van der Waals surface area contributed by atoms with Crippen LogP contribution in [0.25, 0.3) is 27.8 Å². The summed E-state index contributed by atoms with van der Waals surface area (Å²) in [6.07, 6.45) is 7.01. The number of nitrogens with zero attached hydrogens (tertiary/aromatic N) is 4. The molecule has 1 aromatic carbocycles.